The van der Waals surface area contributed by atoms with E-state index in [2.05, 4.69) is 243 Å². The molecule has 67 heavy (non-hydrogen) atoms. The van der Waals surface area contributed by atoms with E-state index < -0.39 is 0 Å². The average Bonchev–Trinajstić information content (AvgIpc) is 4.03. The summed E-state index contributed by atoms with van der Waals surface area (Å²) < 4.78 is 9.24. The summed E-state index contributed by atoms with van der Waals surface area (Å²) in [5, 5.41) is 7.36. The predicted molar refractivity (Wildman–Crippen MR) is 282 cm³/mol. The third-order valence-corrected chi connectivity index (χ3v) is 15.3. The molecule has 2 aromatic heterocycles. The van der Waals surface area contributed by atoms with E-state index in [1.807, 2.05) is 0 Å². The van der Waals surface area contributed by atoms with Gasteiger partial charge >= 0.3 is 0 Å². The van der Waals surface area contributed by atoms with Gasteiger partial charge in [-0.15, -0.1) is 0 Å². The first-order valence-corrected chi connectivity index (χ1v) is 23.5. The first-order valence-electron chi connectivity index (χ1n) is 23.5. The minimum atomic E-state index is -0.128. The van der Waals surface area contributed by atoms with Crippen molar-refractivity contribution in [2.45, 2.75) is 38.5 Å². The fourth-order valence-electron chi connectivity index (χ4n) is 12.0. The summed E-state index contributed by atoms with van der Waals surface area (Å²) in [5.74, 6) is 0. The Balaban J connectivity index is 0.869. The second-order valence-electron chi connectivity index (χ2n) is 19.8. The lowest BCUT2D eigenvalue weighted by molar-refractivity contribution is 0.660. The molecule has 2 aliphatic carbocycles. The van der Waals surface area contributed by atoms with Crippen molar-refractivity contribution in [2.24, 2.45) is 0 Å². The Kier molecular flexibility index (Phi) is 7.80. The van der Waals surface area contributed by atoms with E-state index in [9.17, 15) is 0 Å². The summed E-state index contributed by atoms with van der Waals surface area (Å²) in [6.45, 7) is 9.43. The molecule has 0 saturated carbocycles. The van der Waals surface area contributed by atoms with Crippen molar-refractivity contribution in [3.05, 3.63) is 228 Å². The molecule has 12 aromatic rings. The molecule has 0 unspecified atom stereocenters. The lowest BCUT2D eigenvalue weighted by atomic mass is 9.82. The summed E-state index contributed by atoms with van der Waals surface area (Å²) in [4.78, 5) is 2.43. The van der Waals surface area contributed by atoms with Crippen LogP contribution in [0.2, 0.25) is 0 Å². The van der Waals surface area contributed by atoms with E-state index in [1.165, 1.54) is 82.8 Å². The van der Waals surface area contributed by atoms with Crippen molar-refractivity contribution in [2.75, 3.05) is 4.90 Å². The molecule has 2 heterocycles. The Bertz CT molecular complexity index is 3940. The summed E-state index contributed by atoms with van der Waals surface area (Å²) >= 11 is 0. The monoisotopic (exact) mass is 858 g/mol. The summed E-state index contributed by atoms with van der Waals surface area (Å²) in [7, 11) is 0. The van der Waals surface area contributed by atoms with Crippen LogP contribution in [0.5, 0.6) is 0 Å². The van der Waals surface area contributed by atoms with Crippen LogP contribution in [-0.4, -0.2) is 4.57 Å². The van der Waals surface area contributed by atoms with Crippen LogP contribution in [0, 0.1) is 0 Å². The van der Waals surface area contributed by atoms with Crippen LogP contribution in [-0.2, 0) is 10.8 Å². The maximum Gasteiger partial charge on any atom is 0.137 e. The minimum absolute atomic E-state index is 0.128. The number of aromatic nitrogens is 1. The highest BCUT2D eigenvalue weighted by molar-refractivity contribution is 6.24. The fourth-order valence-corrected chi connectivity index (χ4v) is 12.0. The Labute approximate surface area is 389 Å². The molecule has 0 N–H and O–H groups in total. The molecule has 0 radical (unpaired) electrons. The summed E-state index contributed by atoms with van der Waals surface area (Å²) in [6, 6.07) is 71.7. The second-order valence-corrected chi connectivity index (χ2v) is 19.8. The highest BCUT2D eigenvalue weighted by Crippen LogP contribution is 2.53. The largest absolute Gasteiger partial charge is 0.456 e. The molecule has 0 bridgehead atoms. The van der Waals surface area contributed by atoms with Crippen molar-refractivity contribution in [3.63, 3.8) is 0 Å². The maximum atomic E-state index is 6.83. The maximum absolute atomic E-state index is 6.83. The summed E-state index contributed by atoms with van der Waals surface area (Å²) in [5.41, 5.74) is 21.4. The summed E-state index contributed by atoms with van der Waals surface area (Å²) in [6.07, 6.45) is 4.45. The normalized spacial score (nSPS) is 14.4. The number of anilines is 3. The van der Waals surface area contributed by atoms with Crippen molar-refractivity contribution in [3.8, 4) is 27.9 Å². The van der Waals surface area contributed by atoms with Gasteiger partial charge in [-0.1, -0.05) is 149 Å². The molecule has 0 atom stereocenters. The predicted octanol–water partition coefficient (Wildman–Crippen LogP) is 17.5. The number of rotatable bonds is 6. The number of para-hydroxylation sites is 1. The molecule has 318 valence electrons. The molecule has 14 rings (SSSR count). The molecule has 0 spiro atoms. The third-order valence-electron chi connectivity index (χ3n) is 15.3. The van der Waals surface area contributed by atoms with Gasteiger partial charge < -0.3 is 13.9 Å². The second kappa shape index (κ2) is 13.7. The average molecular weight is 859 g/mol. The van der Waals surface area contributed by atoms with Crippen LogP contribution < -0.4 is 4.90 Å². The zero-order valence-electron chi connectivity index (χ0n) is 37.9. The van der Waals surface area contributed by atoms with Crippen molar-refractivity contribution in [1.29, 1.82) is 0 Å². The zero-order chi connectivity index (χ0) is 44.8. The van der Waals surface area contributed by atoms with Gasteiger partial charge in [-0.25, -0.2) is 0 Å². The van der Waals surface area contributed by atoms with E-state index in [-0.39, 0.29) is 10.8 Å². The zero-order valence-corrected chi connectivity index (χ0v) is 37.9. The Hall–Kier alpha value is -8.14. The number of hydrogen-bond acceptors (Lipinski definition) is 2. The van der Waals surface area contributed by atoms with E-state index in [0.717, 1.165) is 50.1 Å². The van der Waals surface area contributed by atoms with E-state index in [1.54, 1.807) is 0 Å². The van der Waals surface area contributed by atoms with Gasteiger partial charge in [0.15, 0.2) is 0 Å². The third kappa shape index (κ3) is 5.46. The number of fused-ring (bicyclic) bond motifs is 9. The number of benzene rings is 10. The van der Waals surface area contributed by atoms with Gasteiger partial charge in [0.2, 0.25) is 0 Å². The van der Waals surface area contributed by atoms with Crippen LogP contribution in [0.1, 0.15) is 61.1 Å². The van der Waals surface area contributed by atoms with Gasteiger partial charge in [-0.2, -0.15) is 0 Å². The first-order chi connectivity index (χ1) is 32.7. The fraction of sp³-hybridized carbons (Fsp3) is 0.0938. The molecule has 3 nitrogen and oxygen atoms in total. The smallest absolute Gasteiger partial charge is 0.137 e. The van der Waals surface area contributed by atoms with Gasteiger partial charge in [0.05, 0.1) is 11.0 Å². The molecule has 3 heteroatoms. The molecule has 10 aromatic carbocycles. The molecule has 0 aliphatic heterocycles. The van der Waals surface area contributed by atoms with Gasteiger partial charge in [0.25, 0.3) is 0 Å². The van der Waals surface area contributed by atoms with Crippen LogP contribution in [0.15, 0.2) is 199 Å². The van der Waals surface area contributed by atoms with Gasteiger partial charge in [-0.05, 0) is 145 Å². The SMILES string of the molecule is CC1(C)c2ccccc2-c2ccc(N(c3ccc4c(c3)C(C)(C)c3ccccc3-4)c3ccc4c(c3)oc3cc(C=Cc5cc6ccc7cccc8c7c6c(c5)n8-c5ccccc5)ccc34)cc21. The quantitative estimate of drug-likeness (QED) is 0.123. The van der Waals surface area contributed by atoms with Crippen LogP contribution in [0.3, 0.4) is 0 Å². The lowest BCUT2D eigenvalue weighted by Crippen LogP contribution is -2.18. The number of nitrogens with zero attached hydrogens (tertiary/aromatic N) is 2. The standard InChI is InChI=1S/C64H46N2O/c1-63(2)53-18-10-8-16-47(53)49-30-26-44(36-55(49)63)65(45-27-31-50-48-17-9-11-19-54(48)64(3,4)56(50)37-45)46-28-32-52-51-29-23-39(35-59(51)67-60(52)38-46)21-22-40-33-42-25-24-41-13-12-20-57-61(41)62(42)58(34-40)66(57)43-14-6-5-7-15-43/h5-38H,1-4H3. The highest BCUT2D eigenvalue weighted by Gasteiger charge is 2.38. The molecular weight excluding hydrogens is 813 g/mol. The van der Waals surface area contributed by atoms with Crippen LogP contribution in [0.25, 0.3) is 94.6 Å². The molecule has 0 amide bonds. The Morgan fingerprint density at radius 2 is 0.955 bits per heavy atom. The van der Waals surface area contributed by atoms with Gasteiger partial charge in [-0.3, -0.25) is 0 Å². The number of hydrogen-bond donors (Lipinski definition) is 0. The van der Waals surface area contributed by atoms with Gasteiger partial charge in [0, 0.05) is 61.2 Å². The van der Waals surface area contributed by atoms with E-state index in [4.69, 9.17) is 4.42 Å². The van der Waals surface area contributed by atoms with Gasteiger partial charge in [0.1, 0.15) is 11.2 Å². The topological polar surface area (TPSA) is 21.3 Å². The van der Waals surface area contributed by atoms with E-state index >= 15 is 0 Å². The minimum Gasteiger partial charge on any atom is -0.456 e. The molecular formula is C64H46N2O. The first kappa shape index (κ1) is 38.2. The highest BCUT2D eigenvalue weighted by atomic mass is 16.3. The molecule has 0 saturated heterocycles. The van der Waals surface area contributed by atoms with Crippen molar-refractivity contribution in [1.82, 2.24) is 4.57 Å². The van der Waals surface area contributed by atoms with Crippen LogP contribution in [0.4, 0.5) is 17.1 Å². The van der Waals surface area contributed by atoms with Crippen LogP contribution >= 0.6 is 0 Å². The Morgan fingerprint density at radius 1 is 0.403 bits per heavy atom. The molecule has 0 fully saturated rings. The van der Waals surface area contributed by atoms with Crippen molar-refractivity contribution < 1.29 is 4.42 Å². The Morgan fingerprint density at radius 3 is 1.66 bits per heavy atom. The van der Waals surface area contributed by atoms with Crippen molar-refractivity contribution >= 4 is 83.7 Å². The number of furan rings is 1. The lowest BCUT2D eigenvalue weighted by Gasteiger charge is -2.29. The molecule has 2 aliphatic rings. The van der Waals surface area contributed by atoms with E-state index in [0.29, 0.717) is 0 Å².